The third-order valence-electron chi connectivity index (χ3n) is 2.14. The molecule has 0 amide bonds. The summed E-state index contributed by atoms with van der Waals surface area (Å²) in [5, 5.41) is 12.6. The maximum absolute atomic E-state index is 12.5. The van der Waals surface area contributed by atoms with Crippen LogP contribution in [0.4, 0.5) is 4.39 Å². The zero-order valence-corrected chi connectivity index (χ0v) is 9.01. The van der Waals surface area contributed by atoms with Crippen molar-refractivity contribution < 1.29 is 9.50 Å². The van der Waals surface area contributed by atoms with Crippen molar-refractivity contribution in [2.24, 2.45) is 0 Å². The molecule has 2 nitrogen and oxygen atoms in total. The lowest BCUT2D eigenvalue weighted by Crippen LogP contribution is -2.28. The van der Waals surface area contributed by atoms with Crippen LogP contribution >= 0.6 is 12.4 Å². The minimum atomic E-state index is -0.592. The minimum absolute atomic E-state index is 0. The van der Waals surface area contributed by atoms with Gasteiger partial charge in [0.15, 0.2) is 0 Å². The molecule has 0 bridgehead atoms. The van der Waals surface area contributed by atoms with E-state index in [2.05, 4.69) is 5.32 Å². The van der Waals surface area contributed by atoms with Crippen molar-refractivity contribution >= 4 is 12.4 Å². The Morgan fingerprint density at radius 2 is 1.79 bits per heavy atom. The van der Waals surface area contributed by atoms with Gasteiger partial charge in [0.1, 0.15) is 5.82 Å². The third-order valence-corrected chi connectivity index (χ3v) is 2.14. The van der Waals surface area contributed by atoms with E-state index in [4.69, 9.17) is 0 Å². The average molecular weight is 220 g/mol. The molecule has 80 valence electrons. The zero-order valence-electron chi connectivity index (χ0n) is 8.20. The van der Waals surface area contributed by atoms with Crippen molar-refractivity contribution in [1.82, 2.24) is 5.32 Å². The number of aliphatic hydroxyl groups excluding tert-OH is 1. The molecule has 2 atom stereocenters. The van der Waals surface area contributed by atoms with E-state index in [1.165, 1.54) is 12.1 Å². The molecule has 0 aromatic heterocycles. The summed E-state index contributed by atoms with van der Waals surface area (Å²) < 4.78 is 12.5. The lowest BCUT2D eigenvalue weighted by molar-refractivity contribution is 0.140. The van der Waals surface area contributed by atoms with Crippen molar-refractivity contribution in [3.63, 3.8) is 0 Å². The fourth-order valence-electron chi connectivity index (χ4n) is 1.11. The van der Waals surface area contributed by atoms with Crippen molar-refractivity contribution in [1.29, 1.82) is 0 Å². The Kier molecular flexibility index (Phi) is 5.69. The molecule has 0 heterocycles. The van der Waals surface area contributed by atoms with Gasteiger partial charge in [-0.1, -0.05) is 12.1 Å². The standard InChI is InChI=1S/C10H14FNO.ClH/c1-7(12-2)10(13)8-3-5-9(11)6-4-8;/h3-7,10,12-13H,1-2H3;1H. The Labute approximate surface area is 89.6 Å². The van der Waals surface area contributed by atoms with Gasteiger partial charge in [0.25, 0.3) is 0 Å². The highest BCUT2D eigenvalue weighted by Crippen LogP contribution is 2.16. The molecule has 1 rings (SSSR count). The van der Waals surface area contributed by atoms with E-state index in [-0.39, 0.29) is 24.3 Å². The molecule has 2 unspecified atom stereocenters. The van der Waals surface area contributed by atoms with Crippen LogP contribution in [0.25, 0.3) is 0 Å². The van der Waals surface area contributed by atoms with E-state index in [1.807, 2.05) is 6.92 Å². The van der Waals surface area contributed by atoms with Crippen LogP contribution in [0.2, 0.25) is 0 Å². The van der Waals surface area contributed by atoms with Gasteiger partial charge in [-0.2, -0.15) is 0 Å². The van der Waals surface area contributed by atoms with Crippen molar-refractivity contribution in [3.05, 3.63) is 35.6 Å². The van der Waals surface area contributed by atoms with Crippen LogP contribution in [0.3, 0.4) is 0 Å². The zero-order chi connectivity index (χ0) is 9.84. The van der Waals surface area contributed by atoms with Crippen LogP contribution in [-0.2, 0) is 0 Å². The van der Waals surface area contributed by atoms with Crippen LogP contribution in [0.5, 0.6) is 0 Å². The minimum Gasteiger partial charge on any atom is -0.387 e. The Hall–Kier alpha value is -0.640. The van der Waals surface area contributed by atoms with Gasteiger partial charge in [-0.15, -0.1) is 12.4 Å². The second-order valence-corrected chi connectivity index (χ2v) is 3.07. The lowest BCUT2D eigenvalue weighted by Gasteiger charge is -2.18. The molecule has 0 saturated carbocycles. The molecule has 0 aliphatic rings. The molecule has 0 aliphatic heterocycles. The number of hydrogen-bond donors (Lipinski definition) is 2. The van der Waals surface area contributed by atoms with Crippen LogP contribution in [-0.4, -0.2) is 18.2 Å². The molecule has 4 heteroatoms. The molecule has 1 aromatic rings. The monoisotopic (exact) mass is 219 g/mol. The highest BCUT2D eigenvalue weighted by Gasteiger charge is 2.13. The van der Waals surface area contributed by atoms with Gasteiger partial charge in [-0.05, 0) is 31.7 Å². The summed E-state index contributed by atoms with van der Waals surface area (Å²) in [6, 6.07) is 5.84. The number of nitrogens with one attached hydrogen (secondary N) is 1. The Bertz CT molecular complexity index is 265. The smallest absolute Gasteiger partial charge is 0.123 e. The molecule has 14 heavy (non-hydrogen) atoms. The summed E-state index contributed by atoms with van der Waals surface area (Å²) in [4.78, 5) is 0. The van der Waals surface area contributed by atoms with E-state index in [0.29, 0.717) is 0 Å². The predicted octanol–water partition coefficient (Wildman–Crippen LogP) is 1.89. The van der Waals surface area contributed by atoms with E-state index in [0.717, 1.165) is 5.56 Å². The number of halogens is 2. The second kappa shape index (κ2) is 5.96. The molecule has 0 radical (unpaired) electrons. The molecular formula is C10H15ClFNO. The van der Waals surface area contributed by atoms with E-state index >= 15 is 0 Å². The average Bonchev–Trinajstić information content (AvgIpc) is 2.17. The predicted molar refractivity (Wildman–Crippen MR) is 57.1 cm³/mol. The quantitative estimate of drug-likeness (QED) is 0.814. The van der Waals surface area contributed by atoms with Gasteiger partial charge in [0.2, 0.25) is 0 Å². The van der Waals surface area contributed by atoms with Gasteiger partial charge < -0.3 is 10.4 Å². The van der Waals surface area contributed by atoms with E-state index < -0.39 is 6.10 Å². The first-order valence-electron chi connectivity index (χ1n) is 4.26. The van der Waals surface area contributed by atoms with Crippen LogP contribution in [0, 0.1) is 5.82 Å². The van der Waals surface area contributed by atoms with Gasteiger partial charge in [0.05, 0.1) is 6.10 Å². The van der Waals surface area contributed by atoms with Crippen molar-refractivity contribution in [3.8, 4) is 0 Å². The SMILES string of the molecule is CNC(C)C(O)c1ccc(F)cc1.Cl. The van der Waals surface area contributed by atoms with Gasteiger partial charge in [0, 0.05) is 6.04 Å². The number of aliphatic hydroxyl groups is 1. The van der Waals surface area contributed by atoms with Gasteiger partial charge in [-0.25, -0.2) is 4.39 Å². The van der Waals surface area contributed by atoms with Crippen LogP contribution < -0.4 is 5.32 Å². The van der Waals surface area contributed by atoms with Gasteiger partial charge >= 0.3 is 0 Å². The first-order chi connectivity index (χ1) is 6.15. The lowest BCUT2D eigenvalue weighted by atomic mass is 10.0. The van der Waals surface area contributed by atoms with Crippen LogP contribution in [0.15, 0.2) is 24.3 Å². The van der Waals surface area contributed by atoms with Crippen LogP contribution in [0.1, 0.15) is 18.6 Å². The maximum Gasteiger partial charge on any atom is 0.123 e. The molecule has 0 spiro atoms. The second-order valence-electron chi connectivity index (χ2n) is 3.07. The summed E-state index contributed by atoms with van der Waals surface area (Å²) in [6.07, 6.45) is -0.592. The normalized spacial score (nSPS) is 14.3. The summed E-state index contributed by atoms with van der Waals surface area (Å²) in [5.74, 6) is -0.284. The molecule has 0 saturated heterocycles. The number of benzene rings is 1. The summed E-state index contributed by atoms with van der Waals surface area (Å²) in [7, 11) is 1.78. The van der Waals surface area contributed by atoms with Crippen molar-refractivity contribution in [2.45, 2.75) is 19.1 Å². The largest absolute Gasteiger partial charge is 0.387 e. The first-order valence-corrected chi connectivity index (χ1v) is 4.26. The maximum atomic E-state index is 12.5. The number of rotatable bonds is 3. The summed E-state index contributed by atoms with van der Waals surface area (Å²) >= 11 is 0. The molecular weight excluding hydrogens is 205 g/mol. The number of likely N-dealkylation sites (N-methyl/N-ethyl adjacent to an activating group) is 1. The topological polar surface area (TPSA) is 32.3 Å². The summed E-state index contributed by atoms with van der Waals surface area (Å²) in [6.45, 7) is 1.87. The Balaban J connectivity index is 0.00000169. The Morgan fingerprint density at radius 1 is 1.29 bits per heavy atom. The molecule has 0 aliphatic carbocycles. The molecule has 0 fully saturated rings. The Morgan fingerprint density at radius 3 is 2.21 bits per heavy atom. The van der Waals surface area contributed by atoms with E-state index in [1.54, 1.807) is 19.2 Å². The van der Waals surface area contributed by atoms with E-state index in [9.17, 15) is 9.50 Å². The van der Waals surface area contributed by atoms with Gasteiger partial charge in [-0.3, -0.25) is 0 Å². The number of hydrogen-bond acceptors (Lipinski definition) is 2. The highest BCUT2D eigenvalue weighted by molar-refractivity contribution is 5.85. The molecule has 1 aromatic carbocycles. The fraction of sp³-hybridized carbons (Fsp3) is 0.400. The first kappa shape index (κ1) is 13.4. The summed E-state index contributed by atoms with van der Waals surface area (Å²) in [5.41, 5.74) is 0.725. The fourth-order valence-corrected chi connectivity index (χ4v) is 1.11. The molecule has 2 N–H and O–H groups in total. The third kappa shape index (κ3) is 3.25. The highest BCUT2D eigenvalue weighted by atomic mass is 35.5. The van der Waals surface area contributed by atoms with Crippen molar-refractivity contribution in [2.75, 3.05) is 7.05 Å².